The molecular weight excluding hydrogens is 196 g/mol. The molecule has 0 saturated heterocycles. The van der Waals surface area contributed by atoms with Crippen molar-refractivity contribution in [3.05, 3.63) is 41.0 Å². The molecule has 0 saturated carbocycles. The summed E-state index contributed by atoms with van der Waals surface area (Å²) < 4.78 is 5.28. The fourth-order valence-electron chi connectivity index (χ4n) is 1.84. The third-order valence-corrected chi connectivity index (χ3v) is 2.75. The van der Waals surface area contributed by atoms with Crippen LogP contribution >= 0.6 is 0 Å². The molecule has 0 fully saturated rings. The molecule has 0 heterocycles. The van der Waals surface area contributed by atoms with Crippen molar-refractivity contribution in [3.8, 4) is 18.1 Å². The van der Waals surface area contributed by atoms with Crippen molar-refractivity contribution in [1.82, 2.24) is 0 Å². The lowest BCUT2D eigenvalue weighted by molar-refractivity contribution is 0.411. The van der Waals surface area contributed by atoms with E-state index in [0.717, 1.165) is 28.0 Å². The Bertz CT molecular complexity index is 449. The van der Waals surface area contributed by atoms with Crippen molar-refractivity contribution in [2.75, 3.05) is 7.11 Å². The molecule has 0 N–H and O–H groups in total. The van der Waals surface area contributed by atoms with Crippen LogP contribution < -0.4 is 4.74 Å². The summed E-state index contributed by atoms with van der Waals surface area (Å²) >= 11 is 0. The van der Waals surface area contributed by atoms with Gasteiger partial charge in [-0.05, 0) is 43.5 Å². The molecule has 0 aliphatic rings. The predicted octanol–water partition coefficient (Wildman–Crippen LogP) is 3.60. The highest BCUT2D eigenvalue weighted by molar-refractivity contribution is 5.47. The molecule has 1 rings (SSSR count). The van der Waals surface area contributed by atoms with Gasteiger partial charge in [0.1, 0.15) is 5.75 Å². The minimum absolute atomic E-state index is 0.00962. The lowest BCUT2D eigenvalue weighted by Crippen LogP contribution is -2.01. The van der Waals surface area contributed by atoms with E-state index in [-0.39, 0.29) is 5.92 Å². The van der Waals surface area contributed by atoms with E-state index >= 15 is 0 Å². The van der Waals surface area contributed by atoms with Gasteiger partial charge in [-0.3, -0.25) is 0 Å². The lowest BCUT2D eigenvalue weighted by Gasteiger charge is -2.16. The highest BCUT2D eigenvalue weighted by atomic mass is 16.5. The van der Waals surface area contributed by atoms with Gasteiger partial charge in [-0.1, -0.05) is 24.1 Å². The SMILES string of the molecule is C#CC(C(=C)C)c1cc(C)c(OC)cc1C. The van der Waals surface area contributed by atoms with Gasteiger partial charge >= 0.3 is 0 Å². The Morgan fingerprint density at radius 2 is 2.00 bits per heavy atom. The monoisotopic (exact) mass is 214 g/mol. The Labute approximate surface area is 98.1 Å². The van der Waals surface area contributed by atoms with E-state index in [2.05, 4.69) is 18.6 Å². The zero-order valence-electron chi connectivity index (χ0n) is 10.4. The number of allylic oxidation sites excluding steroid dienone is 1. The molecule has 1 unspecified atom stereocenters. The molecule has 1 aromatic rings. The first kappa shape index (κ1) is 12.4. The Kier molecular flexibility index (Phi) is 3.79. The van der Waals surface area contributed by atoms with E-state index in [1.165, 1.54) is 0 Å². The Morgan fingerprint density at radius 1 is 1.38 bits per heavy atom. The Morgan fingerprint density at radius 3 is 2.44 bits per heavy atom. The van der Waals surface area contributed by atoms with E-state index in [9.17, 15) is 0 Å². The molecule has 0 spiro atoms. The van der Waals surface area contributed by atoms with Gasteiger partial charge in [0.2, 0.25) is 0 Å². The zero-order chi connectivity index (χ0) is 12.3. The van der Waals surface area contributed by atoms with Gasteiger partial charge in [0, 0.05) is 0 Å². The number of terminal acetylenes is 1. The number of hydrogen-bond donors (Lipinski definition) is 0. The fourth-order valence-corrected chi connectivity index (χ4v) is 1.84. The van der Waals surface area contributed by atoms with Crippen molar-refractivity contribution in [2.24, 2.45) is 0 Å². The summed E-state index contributed by atoms with van der Waals surface area (Å²) in [6, 6.07) is 4.12. The topological polar surface area (TPSA) is 9.23 Å². The van der Waals surface area contributed by atoms with E-state index in [4.69, 9.17) is 11.2 Å². The third-order valence-electron chi connectivity index (χ3n) is 2.75. The maximum absolute atomic E-state index is 5.55. The largest absolute Gasteiger partial charge is 0.496 e. The quantitative estimate of drug-likeness (QED) is 0.551. The summed E-state index contributed by atoms with van der Waals surface area (Å²) in [6.45, 7) is 9.97. The molecule has 84 valence electrons. The van der Waals surface area contributed by atoms with Crippen molar-refractivity contribution in [3.63, 3.8) is 0 Å². The molecule has 0 aliphatic carbocycles. The number of benzene rings is 1. The normalized spacial score (nSPS) is 11.7. The molecular formula is C15H18O. The molecule has 0 bridgehead atoms. The standard InChI is InChI=1S/C15H18O/c1-7-13(10(2)3)14-8-12(5)15(16-6)9-11(14)4/h1,8-9,13H,2H2,3-6H3. The van der Waals surface area contributed by atoms with Crippen LogP contribution in [0.4, 0.5) is 0 Å². The van der Waals surface area contributed by atoms with Crippen molar-refractivity contribution < 1.29 is 4.74 Å². The van der Waals surface area contributed by atoms with Crippen LogP contribution in [0.25, 0.3) is 0 Å². The van der Waals surface area contributed by atoms with Crippen LogP contribution in [0.3, 0.4) is 0 Å². The first-order chi connectivity index (χ1) is 7.51. The van der Waals surface area contributed by atoms with Gasteiger partial charge in [0.05, 0.1) is 13.0 Å². The summed E-state index contributed by atoms with van der Waals surface area (Å²) in [6.07, 6.45) is 5.55. The van der Waals surface area contributed by atoms with Crippen LogP contribution in [0.2, 0.25) is 0 Å². The summed E-state index contributed by atoms with van der Waals surface area (Å²) in [5.74, 6) is 3.67. The molecule has 1 aromatic carbocycles. The average molecular weight is 214 g/mol. The molecule has 1 heteroatoms. The number of ether oxygens (including phenoxy) is 1. The summed E-state index contributed by atoms with van der Waals surface area (Å²) in [7, 11) is 1.68. The smallest absolute Gasteiger partial charge is 0.122 e. The van der Waals surface area contributed by atoms with Crippen LogP contribution in [0.5, 0.6) is 5.75 Å². The second-order valence-corrected chi connectivity index (χ2v) is 4.12. The second kappa shape index (κ2) is 4.90. The predicted molar refractivity (Wildman–Crippen MR) is 68.9 cm³/mol. The highest BCUT2D eigenvalue weighted by Gasteiger charge is 2.13. The van der Waals surface area contributed by atoms with Gasteiger partial charge < -0.3 is 4.74 Å². The highest BCUT2D eigenvalue weighted by Crippen LogP contribution is 2.30. The Hall–Kier alpha value is -1.68. The van der Waals surface area contributed by atoms with Crippen LogP contribution in [-0.2, 0) is 0 Å². The maximum atomic E-state index is 5.55. The molecule has 1 nitrogen and oxygen atoms in total. The maximum Gasteiger partial charge on any atom is 0.122 e. The number of hydrogen-bond acceptors (Lipinski definition) is 1. The van der Waals surface area contributed by atoms with Gasteiger partial charge in [-0.25, -0.2) is 0 Å². The molecule has 0 aliphatic heterocycles. The van der Waals surface area contributed by atoms with Crippen molar-refractivity contribution in [1.29, 1.82) is 0 Å². The zero-order valence-corrected chi connectivity index (χ0v) is 10.4. The summed E-state index contributed by atoms with van der Waals surface area (Å²) in [4.78, 5) is 0. The van der Waals surface area contributed by atoms with Crippen LogP contribution in [0.15, 0.2) is 24.3 Å². The average Bonchev–Trinajstić information content (AvgIpc) is 2.23. The van der Waals surface area contributed by atoms with Gasteiger partial charge in [-0.15, -0.1) is 6.42 Å². The van der Waals surface area contributed by atoms with Crippen LogP contribution in [0.1, 0.15) is 29.5 Å². The van der Waals surface area contributed by atoms with E-state index in [0.29, 0.717) is 0 Å². The number of aryl methyl sites for hydroxylation is 2. The fraction of sp³-hybridized carbons (Fsp3) is 0.333. The van der Waals surface area contributed by atoms with Gasteiger partial charge in [0.15, 0.2) is 0 Å². The summed E-state index contributed by atoms with van der Waals surface area (Å²) in [5.41, 5.74) is 4.39. The first-order valence-corrected chi connectivity index (χ1v) is 5.28. The number of methoxy groups -OCH3 is 1. The summed E-state index contributed by atoms with van der Waals surface area (Å²) in [5, 5.41) is 0. The van der Waals surface area contributed by atoms with E-state index in [1.54, 1.807) is 7.11 Å². The minimum atomic E-state index is -0.00962. The molecule has 0 amide bonds. The van der Waals surface area contributed by atoms with Gasteiger partial charge in [0.25, 0.3) is 0 Å². The minimum Gasteiger partial charge on any atom is -0.496 e. The molecule has 0 radical (unpaired) electrons. The molecule has 1 atom stereocenters. The first-order valence-electron chi connectivity index (χ1n) is 5.28. The van der Waals surface area contributed by atoms with Crippen LogP contribution in [-0.4, -0.2) is 7.11 Å². The van der Waals surface area contributed by atoms with Crippen LogP contribution in [0, 0.1) is 26.2 Å². The number of rotatable bonds is 3. The lowest BCUT2D eigenvalue weighted by atomic mass is 9.89. The third kappa shape index (κ3) is 2.28. The van der Waals surface area contributed by atoms with E-state index in [1.807, 2.05) is 26.8 Å². The van der Waals surface area contributed by atoms with Gasteiger partial charge in [-0.2, -0.15) is 0 Å². The Balaban J connectivity index is 3.31. The molecule has 0 aromatic heterocycles. The van der Waals surface area contributed by atoms with Crippen molar-refractivity contribution >= 4 is 0 Å². The second-order valence-electron chi connectivity index (χ2n) is 4.12. The van der Waals surface area contributed by atoms with Crippen molar-refractivity contribution in [2.45, 2.75) is 26.7 Å². The van der Waals surface area contributed by atoms with E-state index < -0.39 is 0 Å². The molecule has 16 heavy (non-hydrogen) atoms.